The van der Waals surface area contributed by atoms with Gasteiger partial charge in [0.25, 0.3) is 0 Å². The number of ether oxygens (including phenoxy) is 1. The minimum Gasteiger partial charge on any atom is -0.380 e. The molecule has 1 aromatic rings. The van der Waals surface area contributed by atoms with Gasteiger partial charge in [0, 0.05) is 27.2 Å². The highest BCUT2D eigenvalue weighted by molar-refractivity contribution is 14.0. The van der Waals surface area contributed by atoms with E-state index in [2.05, 4.69) is 39.6 Å². The molecule has 0 amide bonds. The lowest BCUT2D eigenvalue weighted by Crippen LogP contribution is -2.39. The fourth-order valence-corrected chi connectivity index (χ4v) is 1.53. The number of nitrogens with zero attached hydrogens (tertiary/aromatic N) is 4. The second kappa shape index (κ2) is 11.7. The van der Waals surface area contributed by atoms with Crippen molar-refractivity contribution in [1.82, 2.24) is 25.4 Å². The predicted octanol–water partition coefficient (Wildman–Crippen LogP) is 1.16. The van der Waals surface area contributed by atoms with E-state index in [1.807, 2.05) is 7.05 Å². The van der Waals surface area contributed by atoms with Crippen LogP contribution in [0.5, 0.6) is 0 Å². The molecule has 0 saturated carbocycles. The van der Waals surface area contributed by atoms with E-state index in [9.17, 15) is 0 Å². The third-order valence-corrected chi connectivity index (χ3v) is 2.82. The van der Waals surface area contributed by atoms with Crippen molar-refractivity contribution in [3.63, 3.8) is 0 Å². The Morgan fingerprint density at radius 1 is 1.38 bits per heavy atom. The zero-order valence-corrected chi connectivity index (χ0v) is 15.6. The Morgan fingerprint density at radius 3 is 2.71 bits per heavy atom. The second-order valence-electron chi connectivity index (χ2n) is 4.95. The molecule has 2 N–H and O–H groups in total. The van der Waals surface area contributed by atoms with Crippen LogP contribution in [0.4, 0.5) is 0 Å². The molecule has 1 rings (SSSR count). The number of aryl methyl sites for hydroxylation is 1. The van der Waals surface area contributed by atoms with Crippen molar-refractivity contribution in [1.29, 1.82) is 0 Å². The van der Waals surface area contributed by atoms with Gasteiger partial charge in [-0.25, -0.2) is 4.98 Å². The third kappa shape index (κ3) is 8.86. The summed E-state index contributed by atoms with van der Waals surface area (Å²) < 4.78 is 7.27. The maximum Gasteiger partial charge on any atom is 0.191 e. The monoisotopic (exact) mass is 410 g/mol. The van der Waals surface area contributed by atoms with Gasteiger partial charge in [-0.3, -0.25) is 9.67 Å². The molecule has 7 nitrogen and oxygen atoms in total. The second-order valence-corrected chi connectivity index (χ2v) is 4.95. The van der Waals surface area contributed by atoms with E-state index >= 15 is 0 Å². The lowest BCUT2D eigenvalue weighted by molar-refractivity contribution is 0.128. The maximum absolute atomic E-state index is 5.54. The molecule has 0 unspecified atom stereocenters. The highest BCUT2D eigenvalue weighted by atomic mass is 127. The van der Waals surface area contributed by atoms with Crippen LogP contribution in [0.1, 0.15) is 26.1 Å². The van der Waals surface area contributed by atoms with Gasteiger partial charge in [0.15, 0.2) is 5.96 Å². The lowest BCUT2D eigenvalue weighted by atomic mass is 10.1. The molecular weight excluding hydrogens is 383 g/mol. The van der Waals surface area contributed by atoms with E-state index in [1.54, 1.807) is 11.7 Å². The minimum absolute atomic E-state index is 0. The van der Waals surface area contributed by atoms with Crippen LogP contribution in [0.3, 0.4) is 0 Å². The number of hydrogen-bond donors (Lipinski definition) is 2. The van der Waals surface area contributed by atoms with E-state index in [1.165, 1.54) is 6.33 Å². The van der Waals surface area contributed by atoms with Crippen molar-refractivity contribution in [2.45, 2.75) is 26.8 Å². The topological polar surface area (TPSA) is 76.4 Å². The highest BCUT2D eigenvalue weighted by Crippen LogP contribution is 1.98. The SMILES string of the molecule is CN=C(NCCOCCC(C)C)NCc1ncnn1C.I. The van der Waals surface area contributed by atoms with Gasteiger partial charge >= 0.3 is 0 Å². The average Bonchev–Trinajstić information content (AvgIpc) is 2.82. The number of hydrogen-bond acceptors (Lipinski definition) is 4. The van der Waals surface area contributed by atoms with Gasteiger partial charge in [0.05, 0.1) is 13.2 Å². The minimum atomic E-state index is 0. The predicted molar refractivity (Wildman–Crippen MR) is 94.9 cm³/mol. The lowest BCUT2D eigenvalue weighted by Gasteiger charge is -2.12. The van der Waals surface area contributed by atoms with Crippen molar-refractivity contribution in [2.24, 2.45) is 18.0 Å². The van der Waals surface area contributed by atoms with Gasteiger partial charge in [-0.05, 0) is 12.3 Å². The van der Waals surface area contributed by atoms with Gasteiger partial charge in [0.1, 0.15) is 12.2 Å². The van der Waals surface area contributed by atoms with Crippen molar-refractivity contribution >= 4 is 29.9 Å². The summed E-state index contributed by atoms with van der Waals surface area (Å²) >= 11 is 0. The Hall–Kier alpha value is -0.900. The van der Waals surface area contributed by atoms with E-state index in [4.69, 9.17) is 4.74 Å². The first kappa shape index (κ1) is 20.1. The largest absolute Gasteiger partial charge is 0.380 e. The van der Waals surface area contributed by atoms with Gasteiger partial charge in [-0.15, -0.1) is 24.0 Å². The Labute approximate surface area is 144 Å². The smallest absolute Gasteiger partial charge is 0.191 e. The molecular formula is C13H27IN6O. The molecule has 0 atom stereocenters. The number of aromatic nitrogens is 3. The Morgan fingerprint density at radius 2 is 2.14 bits per heavy atom. The van der Waals surface area contributed by atoms with Gasteiger partial charge in [-0.1, -0.05) is 13.8 Å². The van der Waals surface area contributed by atoms with Crippen LogP contribution in [-0.2, 0) is 18.3 Å². The van der Waals surface area contributed by atoms with Crippen molar-refractivity contribution in [2.75, 3.05) is 26.8 Å². The van der Waals surface area contributed by atoms with Crippen molar-refractivity contribution in [3.8, 4) is 0 Å². The molecule has 0 radical (unpaired) electrons. The Kier molecular flexibility index (Phi) is 11.2. The molecule has 0 bridgehead atoms. The maximum atomic E-state index is 5.54. The molecule has 0 spiro atoms. The van der Waals surface area contributed by atoms with Crippen LogP contribution >= 0.6 is 24.0 Å². The number of aliphatic imine (C=N–C) groups is 1. The quantitative estimate of drug-likeness (QED) is 0.291. The molecule has 0 aliphatic heterocycles. The van der Waals surface area contributed by atoms with Crippen LogP contribution in [0.25, 0.3) is 0 Å². The van der Waals surface area contributed by atoms with Crippen LogP contribution in [0.2, 0.25) is 0 Å². The fourth-order valence-electron chi connectivity index (χ4n) is 1.53. The molecule has 1 aromatic heterocycles. The van der Waals surface area contributed by atoms with Gasteiger partial charge in [0.2, 0.25) is 0 Å². The number of guanidine groups is 1. The summed E-state index contributed by atoms with van der Waals surface area (Å²) in [5.41, 5.74) is 0. The first-order chi connectivity index (χ1) is 9.63. The number of halogens is 1. The molecule has 122 valence electrons. The molecule has 0 fully saturated rings. The zero-order valence-electron chi connectivity index (χ0n) is 13.3. The summed E-state index contributed by atoms with van der Waals surface area (Å²) in [4.78, 5) is 8.29. The summed E-state index contributed by atoms with van der Waals surface area (Å²) in [5, 5.41) is 10.4. The molecule has 0 saturated heterocycles. The standard InChI is InChI=1S/C13H26N6O.HI/c1-11(2)5-7-20-8-6-15-13(14-3)16-9-12-17-10-18-19(12)4;/h10-11H,5-9H2,1-4H3,(H2,14,15,16);1H. The van der Waals surface area contributed by atoms with Gasteiger partial charge in [-0.2, -0.15) is 5.10 Å². The zero-order chi connectivity index (χ0) is 14.8. The molecule has 1 heterocycles. The summed E-state index contributed by atoms with van der Waals surface area (Å²) in [6.07, 6.45) is 2.63. The average molecular weight is 410 g/mol. The van der Waals surface area contributed by atoms with E-state index in [0.29, 0.717) is 19.1 Å². The summed E-state index contributed by atoms with van der Waals surface area (Å²) in [5.74, 6) is 2.28. The van der Waals surface area contributed by atoms with Crippen LogP contribution in [-0.4, -0.2) is 47.5 Å². The normalized spacial score (nSPS) is 11.4. The van der Waals surface area contributed by atoms with E-state index in [-0.39, 0.29) is 24.0 Å². The molecule has 21 heavy (non-hydrogen) atoms. The van der Waals surface area contributed by atoms with Crippen molar-refractivity contribution in [3.05, 3.63) is 12.2 Å². The van der Waals surface area contributed by atoms with Crippen LogP contribution in [0, 0.1) is 5.92 Å². The molecule has 8 heteroatoms. The highest BCUT2D eigenvalue weighted by Gasteiger charge is 2.02. The summed E-state index contributed by atoms with van der Waals surface area (Å²) in [7, 11) is 3.61. The number of nitrogens with one attached hydrogen (secondary N) is 2. The number of rotatable bonds is 8. The van der Waals surface area contributed by atoms with Crippen molar-refractivity contribution < 1.29 is 4.74 Å². The molecule has 0 aromatic carbocycles. The first-order valence-electron chi connectivity index (χ1n) is 6.98. The third-order valence-electron chi connectivity index (χ3n) is 2.82. The van der Waals surface area contributed by atoms with Gasteiger partial charge < -0.3 is 15.4 Å². The van der Waals surface area contributed by atoms with Crippen LogP contribution < -0.4 is 10.6 Å². The summed E-state index contributed by atoms with van der Waals surface area (Å²) in [6.45, 7) is 7.20. The Balaban J connectivity index is 0.00000400. The Bertz CT molecular complexity index is 407. The molecule has 0 aliphatic rings. The molecule has 0 aliphatic carbocycles. The van der Waals surface area contributed by atoms with E-state index in [0.717, 1.165) is 31.4 Å². The van der Waals surface area contributed by atoms with E-state index < -0.39 is 0 Å². The first-order valence-corrected chi connectivity index (χ1v) is 6.98. The van der Waals surface area contributed by atoms with Crippen LogP contribution in [0.15, 0.2) is 11.3 Å². The fraction of sp³-hybridized carbons (Fsp3) is 0.769. The summed E-state index contributed by atoms with van der Waals surface area (Å²) in [6, 6.07) is 0.